The maximum Gasteiger partial charge on any atom is 0.416 e. The lowest BCUT2D eigenvalue weighted by atomic mass is 10.2. The van der Waals surface area contributed by atoms with Gasteiger partial charge in [0.1, 0.15) is 23.0 Å². The number of rotatable bonds is 10. The lowest BCUT2D eigenvalue weighted by Gasteiger charge is -2.13. The number of benzene rings is 4. The summed E-state index contributed by atoms with van der Waals surface area (Å²) < 4.78 is 96.2. The van der Waals surface area contributed by atoms with E-state index in [4.69, 9.17) is 21.1 Å². The number of phenolic OH excluding ortho intramolecular Hbond substituents is 2. The molecule has 286 valence electrons. The van der Waals surface area contributed by atoms with Crippen molar-refractivity contribution in [3.8, 4) is 23.0 Å². The molecule has 0 radical (unpaired) electrons. The summed E-state index contributed by atoms with van der Waals surface area (Å²) in [6.07, 6.45) is -4.63. The van der Waals surface area contributed by atoms with Gasteiger partial charge in [-0.05, 0) is 66.7 Å². The highest BCUT2D eigenvalue weighted by atomic mass is 35.5. The van der Waals surface area contributed by atoms with Gasteiger partial charge >= 0.3 is 18.2 Å². The first kappa shape index (κ1) is 42.0. The van der Waals surface area contributed by atoms with E-state index in [0.29, 0.717) is 23.3 Å². The summed E-state index contributed by atoms with van der Waals surface area (Å²) >= 11 is 5.79. The molecule has 6 N–H and O–H groups in total. The summed E-state index contributed by atoms with van der Waals surface area (Å²) in [5.41, 5.74) is -1.20. The van der Waals surface area contributed by atoms with Crippen molar-refractivity contribution < 1.29 is 59.3 Å². The van der Waals surface area contributed by atoms with Crippen molar-refractivity contribution in [2.75, 3.05) is 47.0 Å². The van der Waals surface area contributed by atoms with Crippen LogP contribution in [0.2, 0.25) is 5.02 Å². The minimum Gasteiger partial charge on any atom is -0.506 e. The number of hydrogen-bond acceptors (Lipinski definition) is 10. The zero-order chi connectivity index (χ0) is 39.7. The molecule has 0 bridgehead atoms. The molecule has 4 amide bonds. The average Bonchev–Trinajstić information content (AvgIpc) is 3.10. The smallest absolute Gasteiger partial charge is 0.416 e. The van der Waals surface area contributed by atoms with Crippen molar-refractivity contribution >= 4 is 66.1 Å². The van der Waals surface area contributed by atoms with Crippen LogP contribution in [0.4, 0.5) is 45.5 Å². The number of anilines is 4. The number of carbonyl (C=O) groups is 2. The number of carbonyl (C=O) groups excluding carboxylic acids is 2. The quantitative estimate of drug-likeness (QED) is 0.0879. The predicted molar refractivity (Wildman–Crippen MR) is 193 cm³/mol. The Morgan fingerprint density at radius 3 is 1.57 bits per heavy atom. The number of phenols is 2. The highest BCUT2D eigenvalue weighted by Gasteiger charge is 2.31. The molecule has 20 heteroatoms. The van der Waals surface area contributed by atoms with Gasteiger partial charge < -0.3 is 41.0 Å². The summed E-state index contributed by atoms with van der Waals surface area (Å²) in [5, 5.41) is 28.8. The summed E-state index contributed by atoms with van der Waals surface area (Å²) in [7, 11) is -4.10. The van der Waals surface area contributed by atoms with Crippen molar-refractivity contribution in [1.29, 1.82) is 0 Å². The van der Waals surface area contributed by atoms with Crippen LogP contribution in [0.1, 0.15) is 19.4 Å². The van der Waals surface area contributed by atoms with E-state index in [-0.39, 0.29) is 49.1 Å². The van der Waals surface area contributed by atoms with E-state index in [9.17, 15) is 49.8 Å². The van der Waals surface area contributed by atoms with Crippen LogP contribution < -0.4 is 30.7 Å². The van der Waals surface area contributed by atoms with Gasteiger partial charge in [0.25, 0.3) is 0 Å². The van der Waals surface area contributed by atoms with Crippen LogP contribution in [0, 0.1) is 0 Å². The zero-order valence-corrected chi connectivity index (χ0v) is 30.7. The van der Waals surface area contributed by atoms with Crippen LogP contribution in [0.3, 0.4) is 0 Å². The number of nitrogens with one attached hydrogen (secondary N) is 4. The van der Waals surface area contributed by atoms with E-state index in [0.717, 1.165) is 24.3 Å². The Bertz CT molecular complexity index is 2200. The van der Waals surface area contributed by atoms with Crippen LogP contribution in [0.15, 0.2) is 82.6 Å². The maximum absolute atomic E-state index is 12.8. The summed E-state index contributed by atoms with van der Waals surface area (Å²) in [4.78, 5) is 24.2. The molecule has 0 atom stereocenters. The average molecular weight is 803 g/mol. The lowest BCUT2D eigenvalue weighted by Crippen LogP contribution is -2.20. The van der Waals surface area contributed by atoms with Gasteiger partial charge in [-0.1, -0.05) is 25.4 Å². The number of methoxy groups -OCH3 is 2. The molecule has 53 heavy (non-hydrogen) atoms. The largest absolute Gasteiger partial charge is 0.506 e. The van der Waals surface area contributed by atoms with Crippen LogP contribution in [-0.2, 0) is 25.9 Å². The van der Waals surface area contributed by atoms with Gasteiger partial charge in [-0.2, -0.15) is 13.2 Å². The Morgan fingerprint density at radius 1 is 0.660 bits per heavy atom. The minimum atomic E-state index is -4.63. The molecule has 14 nitrogen and oxygen atoms in total. The Balaban J connectivity index is 0.000000286. The SMILES string of the molecule is CCS(=O)(=O)c1ccc(O)c(NC(=O)Nc2cc(C(F)(F)F)ccc2Cl)c1.CCS(=O)(=O)c1ccc(O)c(NC(=O)Nc2ccc(OC)cc2OC)c1. The number of urea groups is 2. The van der Waals surface area contributed by atoms with E-state index < -0.39 is 49.2 Å². The second-order valence-corrected chi connectivity index (χ2v) is 15.5. The molecule has 0 spiro atoms. The standard InChI is InChI=1S/C17H20N2O6S.C16H14ClF3N2O4S/c1-4-26(22,23)12-6-8-15(20)14(10-12)19-17(21)18-13-7-5-11(24-2)9-16(13)25-3;1-2-27(25,26)10-4-6-14(23)13(8-10)22-15(24)21-12-7-9(16(18,19)20)3-5-11(12)17/h5-10,20H,4H2,1-3H3,(H2,18,19,21);3-8,23H,2H2,1H3,(H2,21,22,24). The van der Waals surface area contributed by atoms with E-state index >= 15 is 0 Å². The van der Waals surface area contributed by atoms with Gasteiger partial charge in [0.05, 0.1) is 68.9 Å². The normalized spacial score (nSPS) is 11.4. The highest BCUT2D eigenvalue weighted by Crippen LogP contribution is 2.35. The molecule has 0 saturated carbocycles. The zero-order valence-electron chi connectivity index (χ0n) is 28.3. The van der Waals surface area contributed by atoms with Crippen molar-refractivity contribution in [3.63, 3.8) is 0 Å². The third-order valence-electron chi connectivity index (χ3n) is 7.11. The van der Waals surface area contributed by atoms with Gasteiger partial charge in [-0.15, -0.1) is 0 Å². The molecule has 0 heterocycles. The van der Waals surface area contributed by atoms with Crippen LogP contribution >= 0.6 is 11.6 Å². The Kier molecular flexibility index (Phi) is 13.8. The van der Waals surface area contributed by atoms with Crippen molar-refractivity contribution in [1.82, 2.24) is 0 Å². The molecule has 0 saturated heterocycles. The molecule has 0 unspecified atom stereocenters. The molecule has 4 aromatic carbocycles. The number of ether oxygens (including phenoxy) is 2. The molecule has 0 aliphatic carbocycles. The lowest BCUT2D eigenvalue weighted by molar-refractivity contribution is -0.137. The first-order valence-electron chi connectivity index (χ1n) is 15.1. The highest BCUT2D eigenvalue weighted by molar-refractivity contribution is 7.91. The van der Waals surface area contributed by atoms with E-state index in [1.165, 1.54) is 52.3 Å². The Hall–Kier alpha value is -5.40. The molecule has 0 aliphatic rings. The number of amides is 4. The molecule has 0 fully saturated rings. The molecular weight excluding hydrogens is 769 g/mol. The Morgan fingerprint density at radius 2 is 1.13 bits per heavy atom. The van der Waals surface area contributed by atoms with Gasteiger partial charge in [-0.3, -0.25) is 0 Å². The summed E-state index contributed by atoms with van der Waals surface area (Å²) in [6, 6.07) is 12.5. The third-order valence-corrected chi connectivity index (χ3v) is 10.9. The number of aromatic hydroxyl groups is 2. The Labute approximate surface area is 307 Å². The van der Waals surface area contributed by atoms with E-state index in [2.05, 4.69) is 21.3 Å². The minimum absolute atomic E-state index is 0.00938. The van der Waals surface area contributed by atoms with E-state index in [1.54, 1.807) is 18.2 Å². The molecule has 4 aromatic rings. The van der Waals surface area contributed by atoms with Gasteiger partial charge in [0, 0.05) is 6.07 Å². The number of halogens is 4. The summed E-state index contributed by atoms with van der Waals surface area (Å²) in [6.45, 7) is 2.94. The number of alkyl halides is 3. The molecule has 0 aromatic heterocycles. The van der Waals surface area contributed by atoms with Crippen molar-refractivity contribution in [3.05, 3.63) is 83.4 Å². The molecule has 4 rings (SSSR count). The first-order chi connectivity index (χ1) is 24.7. The predicted octanol–water partition coefficient (Wildman–Crippen LogP) is 7.35. The number of sulfone groups is 2. The first-order valence-corrected chi connectivity index (χ1v) is 18.8. The summed E-state index contributed by atoms with van der Waals surface area (Å²) in [5.74, 6) is -0.0170. The van der Waals surface area contributed by atoms with Gasteiger partial charge in [0.15, 0.2) is 19.7 Å². The number of hydrogen-bond donors (Lipinski definition) is 6. The van der Waals surface area contributed by atoms with Crippen molar-refractivity contribution in [2.45, 2.75) is 29.8 Å². The second kappa shape index (κ2) is 17.4. The topological polar surface area (TPSA) is 209 Å². The fraction of sp³-hybridized carbons (Fsp3) is 0.212. The van der Waals surface area contributed by atoms with Crippen LogP contribution in [-0.4, -0.2) is 64.8 Å². The van der Waals surface area contributed by atoms with Crippen LogP contribution in [0.25, 0.3) is 0 Å². The second-order valence-electron chi connectivity index (χ2n) is 10.6. The maximum atomic E-state index is 12.8. The monoisotopic (exact) mass is 802 g/mol. The third kappa shape index (κ3) is 11.3. The van der Waals surface area contributed by atoms with E-state index in [1.807, 2.05) is 0 Å². The molecular formula is C33H34ClF3N4O10S2. The van der Waals surface area contributed by atoms with Crippen molar-refractivity contribution in [2.24, 2.45) is 0 Å². The van der Waals surface area contributed by atoms with Gasteiger partial charge in [-0.25, -0.2) is 26.4 Å². The fourth-order valence-corrected chi connectivity index (χ4v) is 6.18. The molecule has 0 aliphatic heterocycles. The van der Waals surface area contributed by atoms with Crippen LogP contribution in [0.5, 0.6) is 23.0 Å². The fourth-order valence-electron chi connectivity index (χ4n) is 4.20. The van der Waals surface area contributed by atoms with Gasteiger partial charge in [0.2, 0.25) is 0 Å².